The van der Waals surface area contributed by atoms with Gasteiger partial charge in [-0.1, -0.05) is 31.1 Å². The number of aromatic nitrogens is 1. The van der Waals surface area contributed by atoms with Crippen molar-refractivity contribution in [3.63, 3.8) is 0 Å². The van der Waals surface area contributed by atoms with E-state index in [1.807, 2.05) is 0 Å². The Hall–Kier alpha value is -3.02. The topological polar surface area (TPSA) is 130 Å². The standard InChI is InChI=1S/C22H25N3O6S2/c1-3-4-5-12-31-16-8-6-15(7-9-16)21(27)24-22-25(14-20(26)30-2)18-11-10-17(33(23,28)29)13-19(18)32-22/h6-11,13H,3-5,12,14H2,1-2H3,(H2,23,28,29). The summed E-state index contributed by atoms with van der Waals surface area (Å²) >= 11 is 1.07. The average Bonchev–Trinajstić information content (AvgIpc) is 3.12. The molecule has 2 N–H and O–H groups in total. The highest BCUT2D eigenvalue weighted by Crippen LogP contribution is 2.22. The molecule has 0 fully saturated rings. The second kappa shape index (κ2) is 10.7. The Morgan fingerprint density at radius 3 is 2.48 bits per heavy atom. The minimum absolute atomic E-state index is 0.0751. The van der Waals surface area contributed by atoms with Crippen LogP contribution in [0.2, 0.25) is 0 Å². The molecule has 33 heavy (non-hydrogen) atoms. The lowest BCUT2D eigenvalue weighted by Crippen LogP contribution is -2.22. The van der Waals surface area contributed by atoms with Gasteiger partial charge >= 0.3 is 5.97 Å². The van der Waals surface area contributed by atoms with E-state index < -0.39 is 21.9 Å². The van der Waals surface area contributed by atoms with E-state index in [9.17, 15) is 18.0 Å². The molecule has 3 rings (SSSR count). The zero-order chi connectivity index (χ0) is 24.0. The second-order valence-corrected chi connectivity index (χ2v) is 9.79. The molecule has 11 heteroatoms. The van der Waals surface area contributed by atoms with Gasteiger partial charge < -0.3 is 14.0 Å². The number of nitrogens with zero attached hydrogens (tertiary/aromatic N) is 2. The van der Waals surface area contributed by atoms with Gasteiger partial charge in [-0.25, -0.2) is 13.6 Å². The Bertz CT molecular complexity index is 1320. The summed E-state index contributed by atoms with van der Waals surface area (Å²) in [6.45, 7) is 2.54. The van der Waals surface area contributed by atoms with Crippen LogP contribution in [0.4, 0.5) is 0 Å². The molecule has 0 saturated heterocycles. The molecule has 0 aliphatic rings. The third-order valence-corrected chi connectivity index (χ3v) is 6.76. The quantitative estimate of drug-likeness (QED) is 0.362. The van der Waals surface area contributed by atoms with Crippen LogP contribution in [-0.2, 0) is 26.1 Å². The molecule has 0 radical (unpaired) electrons. The highest BCUT2D eigenvalue weighted by molar-refractivity contribution is 7.89. The van der Waals surface area contributed by atoms with Crippen LogP contribution in [0, 0.1) is 0 Å². The molecule has 2 aromatic carbocycles. The third-order valence-electron chi connectivity index (χ3n) is 4.81. The smallest absolute Gasteiger partial charge is 0.325 e. The number of hydrogen-bond acceptors (Lipinski definition) is 7. The molecule has 0 bridgehead atoms. The maximum atomic E-state index is 12.8. The summed E-state index contributed by atoms with van der Waals surface area (Å²) in [5.41, 5.74) is 0.878. The number of fused-ring (bicyclic) bond motifs is 1. The summed E-state index contributed by atoms with van der Waals surface area (Å²) < 4.78 is 35.8. The number of nitrogens with two attached hydrogens (primary N) is 1. The number of primary sulfonamides is 1. The van der Waals surface area contributed by atoms with Crippen LogP contribution in [0.15, 0.2) is 52.4 Å². The van der Waals surface area contributed by atoms with E-state index in [-0.39, 0.29) is 16.2 Å². The number of thiazole rings is 1. The fourth-order valence-corrected chi connectivity index (χ4v) is 4.73. The lowest BCUT2D eigenvalue weighted by Gasteiger charge is -2.06. The van der Waals surface area contributed by atoms with Crippen molar-refractivity contribution in [3.8, 4) is 5.75 Å². The predicted molar refractivity (Wildman–Crippen MR) is 125 cm³/mol. The minimum atomic E-state index is -3.91. The fourth-order valence-electron chi connectivity index (χ4n) is 3.05. The van der Waals surface area contributed by atoms with Crippen molar-refractivity contribution >= 4 is 43.5 Å². The SMILES string of the molecule is CCCCCOc1ccc(C(=O)N=c2sc3cc(S(N)(=O)=O)ccc3n2CC(=O)OC)cc1. The molecule has 0 unspecified atom stereocenters. The second-order valence-electron chi connectivity index (χ2n) is 7.22. The number of sulfonamides is 1. The van der Waals surface area contributed by atoms with Gasteiger partial charge in [-0.2, -0.15) is 4.99 Å². The van der Waals surface area contributed by atoms with E-state index in [1.165, 1.54) is 29.9 Å². The first-order valence-corrected chi connectivity index (χ1v) is 12.6. The molecule has 3 aromatic rings. The first-order valence-electron chi connectivity index (χ1n) is 10.3. The average molecular weight is 492 g/mol. The molecule has 0 saturated carbocycles. The van der Waals surface area contributed by atoms with Crippen LogP contribution in [0.25, 0.3) is 10.2 Å². The first-order chi connectivity index (χ1) is 15.7. The minimum Gasteiger partial charge on any atom is -0.494 e. The number of carbonyl (C=O) groups excluding carboxylic acids is 2. The summed E-state index contributed by atoms with van der Waals surface area (Å²) in [6.07, 6.45) is 3.16. The number of methoxy groups -OCH3 is 1. The number of amides is 1. The van der Waals surface area contributed by atoms with Crippen molar-refractivity contribution in [2.24, 2.45) is 10.1 Å². The first kappa shape index (κ1) is 24.6. The zero-order valence-electron chi connectivity index (χ0n) is 18.3. The number of ether oxygens (including phenoxy) is 2. The van der Waals surface area contributed by atoms with Gasteiger partial charge in [-0.3, -0.25) is 9.59 Å². The van der Waals surface area contributed by atoms with Crippen LogP contribution in [-0.4, -0.2) is 38.6 Å². The lowest BCUT2D eigenvalue weighted by atomic mass is 10.2. The summed E-state index contributed by atoms with van der Waals surface area (Å²) in [5.74, 6) is -0.381. The van der Waals surface area contributed by atoms with Crippen LogP contribution in [0.3, 0.4) is 0 Å². The third kappa shape index (κ3) is 6.28. The number of rotatable bonds is 9. The monoisotopic (exact) mass is 491 g/mol. The maximum Gasteiger partial charge on any atom is 0.325 e. The number of hydrogen-bond donors (Lipinski definition) is 1. The molecule has 0 atom stereocenters. The van der Waals surface area contributed by atoms with Crippen LogP contribution >= 0.6 is 11.3 Å². The van der Waals surface area contributed by atoms with E-state index >= 15 is 0 Å². The van der Waals surface area contributed by atoms with Crippen molar-refractivity contribution in [3.05, 3.63) is 52.8 Å². The molecule has 1 amide bonds. The van der Waals surface area contributed by atoms with Gasteiger partial charge in [0.2, 0.25) is 10.0 Å². The summed E-state index contributed by atoms with van der Waals surface area (Å²) in [7, 11) is -2.66. The van der Waals surface area contributed by atoms with Crippen molar-refractivity contribution in [2.45, 2.75) is 37.6 Å². The zero-order valence-corrected chi connectivity index (χ0v) is 19.9. The van der Waals surface area contributed by atoms with Crippen molar-refractivity contribution in [1.29, 1.82) is 0 Å². The van der Waals surface area contributed by atoms with Gasteiger partial charge in [0.1, 0.15) is 12.3 Å². The normalized spacial score (nSPS) is 12.2. The van der Waals surface area contributed by atoms with Crippen LogP contribution in [0.1, 0.15) is 36.5 Å². The largest absolute Gasteiger partial charge is 0.494 e. The highest BCUT2D eigenvalue weighted by atomic mass is 32.2. The molecule has 1 aromatic heterocycles. The number of carbonyl (C=O) groups is 2. The van der Waals surface area contributed by atoms with Crippen molar-refractivity contribution in [2.75, 3.05) is 13.7 Å². The Morgan fingerprint density at radius 2 is 1.85 bits per heavy atom. The van der Waals surface area contributed by atoms with Gasteiger partial charge in [-0.15, -0.1) is 0 Å². The van der Waals surface area contributed by atoms with Gasteiger partial charge in [0.25, 0.3) is 5.91 Å². The van der Waals surface area contributed by atoms with E-state index in [1.54, 1.807) is 24.3 Å². The van der Waals surface area contributed by atoms with Gasteiger partial charge in [-0.05, 0) is 48.9 Å². The van der Waals surface area contributed by atoms with Crippen molar-refractivity contribution in [1.82, 2.24) is 4.57 Å². The Balaban J connectivity index is 1.95. The van der Waals surface area contributed by atoms with Gasteiger partial charge in [0.15, 0.2) is 4.80 Å². The molecule has 0 aliphatic carbocycles. The highest BCUT2D eigenvalue weighted by Gasteiger charge is 2.15. The predicted octanol–water partition coefficient (Wildman–Crippen LogP) is 2.83. The summed E-state index contributed by atoms with van der Waals surface area (Å²) in [4.78, 5) is 29.0. The van der Waals surface area contributed by atoms with Crippen molar-refractivity contribution < 1.29 is 27.5 Å². The summed E-state index contributed by atoms with van der Waals surface area (Å²) in [5, 5.41) is 5.22. The molecular weight excluding hydrogens is 466 g/mol. The Labute approximate surface area is 195 Å². The molecule has 1 heterocycles. The van der Waals surface area contributed by atoms with Crippen LogP contribution in [0.5, 0.6) is 5.75 Å². The van der Waals surface area contributed by atoms with E-state index in [0.29, 0.717) is 28.1 Å². The molecule has 9 nitrogen and oxygen atoms in total. The Kier molecular flexibility index (Phi) is 8.01. The Morgan fingerprint density at radius 1 is 1.12 bits per heavy atom. The fraction of sp³-hybridized carbons (Fsp3) is 0.318. The lowest BCUT2D eigenvalue weighted by molar-refractivity contribution is -0.141. The molecular formula is C22H25N3O6S2. The van der Waals surface area contributed by atoms with Gasteiger partial charge in [0, 0.05) is 5.56 Å². The van der Waals surface area contributed by atoms with Gasteiger partial charge in [0.05, 0.1) is 28.8 Å². The number of unbranched alkanes of at least 4 members (excludes halogenated alkanes) is 2. The number of esters is 1. The van der Waals surface area contributed by atoms with E-state index in [2.05, 4.69) is 11.9 Å². The number of benzene rings is 2. The molecule has 0 spiro atoms. The van der Waals surface area contributed by atoms with E-state index in [0.717, 1.165) is 30.6 Å². The molecule has 0 aliphatic heterocycles. The van der Waals surface area contributed by atoms with Crippen LogP contribution < -0.4 is 14.7 Å². The van der Waals surface area contributed by atoms with E-state index in [4.69, 9.17) is 14.6 Å². The molecule has 176 valence electrons. The maximum absolute atomic E-state index is 12.8. The summed E-state index contributed by atoms with van der Waals surface area (Å²) in [6, 6.07) is 10.9.